The maximum atomic E-state index is 13.5. The first-order valence-electron chi connectivity index (χ1n) is 7.65. The Balaban J connectivity index is 6.69. The lowest BCUT2D eigenvalue weighted by molar-refractivity contribution is -0.459. The number of rotatable bonds is 9. The summed E-state index contributed by atoms with van der Waals surface area (Å²) in [4.78, 5) is 11.1. The lowest BCUT2D eigenvalue weighted by Crippen LogP contribution is -2.75. The number of alkyl halides is 17. The summed E-state index contributed by atoms with van der Waals surface area (Å²) in [7, 11) is 0. The SMILES string of the molecule is CCC(C)NC(=O)C(F)(F)C(F)(F)C(F)(F)C(F)(F)C(F)(F)C(F)(F)C(F)(F)C(F)(F)F. The molecule has 1 amide bonds. The lowest BCUT2D eigenvalue weighted by atomic mass is 9.88. The number of nitrogens with one attached hydrogen (secondary N) is 1. The zero-order valence-corrected chi connectivity index (χ0v) is 15.1. The highest BCUT2D eigenvalue weighted by Crippen LogP contribution is 2.63. The van der Waals surface area contributed by atoms with Crippen molar-refractivity contribution in [2.75, 3.05) is 0 Å². The van der Waals surface area contributed by atoms with Gasteiger partial charge >= 0.3 is 47.6 Å². The van der Waals surface area contributed by atoms with Crippen LogP contribution < -0.4 is 5.32 Å². The summed E-state index contributed by atoms with van der Waals surface area (Å²) in [5, 5.41) is 0.861. The molecule has 0 saturated carbocycles. The Morgan fingerprint density at radius 3 is 1.16 bits per heavy atom. The number of carbonyl (C=O) groups excluding carboxylic acids is 1. The fraction of sp³-hybridized carbons (Fsp3) is 0.923. The van der Waals surface area contributed by atoms with Crippen molar-refractivity contribution in [2.45, 2.75) is 73.9 Å². The molecular weight excluding hydrogens is 509 g/mol. The largest absolute Gasteiger partial charge is 0.460 e. The van der Waals surface area contributed by atoms with Crippen molar-refractivity contribution in [1.29, 1.82) is 0 Å². The van der Waals surface area contributed by atoms with Crippen LogP contribution in [0.1, 0.15) is 20.3 Å². The molecule has 0 spiro atoms. The Morgan fingerprint density at radius 1 is 0.594 bits per heavy atom. The van der Waals surface area contributed by atoms with Gasteiger partial charge in [-0.2, -0.15) is 74.6 Å². The van der Waals surface area contributed by atoms with E-state index in [2.05, 4.69) is 0 Å². The molecule has 0 aromatic rings. The molecule has 0 aromatic carbocycles. The first-order chi connectivity index (χ1) is 13.6. The molecule has 0 aliphatic rings. The topological polar surface area (TPSA) is 29.1 Å². The lowest BCUT2D eigenvalue weighted by Gasteiger charge is -2.42. The first kappa shape index (κ1) is 30.3. The number of carbonyl (C=O) groups is 1. The van der Waals surface area contributed by atoms with Gasteiger partial charge in [-0.1, -0.05) is 6.92 Å². The highest BCUT2D eigenvalue weighted by atomic mass is 19.4. The molecule has 19 heteroatoms. The van der Waals surface area contributed by atoms with E-state index in [9.17, 15) is 79.4 Å². The molecule has 0 saturated heterocycles. The Labute approximate surface area is 166 Å². The van der Waals surface area contributed by atoms with Crippen LogP contribution in [0.2, 0.25) is 0 Å². The van der Waals surface area contributed by atoms with E-state index in [1.54, 1.807) is 0 Å². The normalized spacial score (nSPS) is 16.7. The van der Waals surface area contributed by atoms with E-state index in [0.717, 1.165) is 19.2 Å². The predicted octanol–water partition coefficient (Wildman–Crippen LogP) is 5.91. The van der Waals surface area contributed by atoms with Crippen LogP contribution in [-0.2, 0) is 4.79 Å². The second-order valence-corrected chi connectivity index (χ2v) is 6.30. The van der Waals surface area contributed by atoms with Gasteiger partial charge in [-0.3, -0.25) is 4.79 Å². The fourth-order valence-electron chi connectivity index (χ4n) is 1.72. The van der Waals surface area contributed by atoms with Crippen LogP contribution in [0, 0.1) is 0 Å². The Morgan fingerprint density at radius 2 is 0.875 bits per heavy atom. The molecular formula is C13H10F17NO. The van der Waals surface area contributed by atoms with Gasteiger partial charge in [0.15, 0.2) is 0 Å². The van der Waals surface area contributed by atoms with E-state index in [0.29, 0.717) is 0 Å². The van der Waals surface area contributed by atoms with E-state index in [1.807, 2.05) is 0 Å². The summed E-state index contributed by atoms with van der Waals surface area (Å²) in [5.41, 5.74) is 0. The minimum absolute atomic E-state index is 0.378. The maximum absolute atomic E-state index is 13.5. The summed E-state index contributed by atoms with van der Waals surface area (Å²) in [6.07, 6.45) is -8.19. The molecule has 0 bridgehead atoms. The minimum atomic E-state index is -8.71. The van der Waals surface area contributed by atoms with Crippen LogP contribution in [0.4, 0.5) is 74.6 Å². The zero-order valence-electron chi connectivity index (χ0n) is 15.1. The molecule has 1 N–H and O–H groups in total. The van der Waals surface area contributed by atoms with Gasteiger partial charge in [-0.05, 0) is 13.3 Å². The summed E-state index contributed by atoms with van der Waals surface area (Å²) in [5.74, 6) is -61.2. The molecule has 1 atom stereocenters. The van der Waals surface area contributed by atoms with Crippen molar-refractivity contribution in [3.8, 4) is 0 Å². The zero-order chi connectivity index (χ0) is 26.6. The predicted molar refractivity (Wildman–Crippen MR) is 68.6 cm³/mol. The van der Waals surface area contributed by atoms with Gasteiger partial charge in [-0.15, -0.1) is 0 Å². The summed E-state index contributed by atoms with van der Waals surface area (Å²) in [6, 6.07) is -1.55. The molecule has 1 unspecified atom stereocenters. The standard InChI is InChI=1S/C13H10F17NO/c1-3-4(2)31-5(32)6(14,15)7(16,17)8(18,19)9(20,21)10(22,23)11(24,25)12(26,27)13(28,29)30/h4H,3H2,1-2H3,(H,31,32). The molecule has 2 nitrogen and oxygen atoms in total. The Hall–Kier alpha value is -1.72. The van der Waals surface area contributed by atoms with E-state index >= 15 is 0 Å². The van der Waals surface area contributed by atoms with Gasteiger partial charge in [0.1, 0.15) is 0 Å². The summed E-state index contributed by atoms with van der Waals surface area (Å²) < 4.78 is 221. The second-order valence-electron chi connectivity index (χ2n) is 6.30. The molecule has 0 heterocycles. The van der Waals surface area contributed by atoms with Crippen LogP contribution in [0.15, 0.2) is 0 Å². The molecule has 0 radical (unpaired) electrons. The van der Waals surface area contributed by atoms with Crippen molar-refractivity contribution in [3.63, 3.8) is 0 Å². The van der Waals surface area contributed by atoms with Crippen molar-refractivity contribution >= 4 is 5.91 Å². The third-order valence-electron chi connectivity index (χ3n) is 4.00. The molecule has 0 aliphatic carbocycles. The van der Waals surface area contributed by atoms with Crippen LogP contribution in [0.3, 0.4) is 0 Å². The fourth-order valence-corrected chi connectivity index (χ4v) is 1.72. The van der Waals surface area contributed by atoms with E-state index in [-0.39, 0.29) is 6.42 Å². The highest BCUT2D eigenvalue weighted by molar-refractivity contribution is 5.85. The molecule has 32 heavy (non-hydrogen) atoms. The number of hydrogen-bond donors (Lipinski definition) is 1. The van der Waals surface area contributed by atoms with Crippen LogP contribution >= 0.6 is 0 Å². The van der Waals surface area contributed by atoms with Gasteiger partial charge in [0.25, 0.3) is 5.91 Å². The van der Waals surface area contributed by atoms with Crippen LogP contribution in [0.5, 0.6) is 0 Å². The minimum Gasteiger partial charge on any atom is -0.348 e. The van der Waals surface area contributed by atoms with Crippen molar-refractivity contribution in [3.05, 3.63) is 0 Å². The maximum Gasteiger partial charge on any atom is 0.460 e. The molecule has 192 valence electrons. The molecule has 0 rings (SSSR count). The Bertz CT molecular complexity index is 695. The summed E-state index contributed by atoms with van der Waals surface area (Å²) >= 11 is 0. The highest BCUT2D eigenvalue weighted by Gasteiger charge is 2.95. The Kier molecular flexibility index (Phi) is 7.52. The van der Waals surface area contributed by atoms with E-state index in [1.165, 1.54) is 0 Å². The van der Waals surface area contributed by atoms with Gasteiger partial charge in [0.05, 0.1) is 0 Å². The average Bonchev–Trinajstić information content (AvgIpc) is 2.59. The van der Waals surface area contributed by atoms with E-state index < -0.39 is 59.6 Å². The van der Waals surface area contributed by atoms with Crippen molar-refractivity contribution in [1.82, 2.24) is 5.32 Å². The quantitative estimate of drug-likeness (QED) is 0.378. The average molecular weight is 519 g/mol. The molecule has 0 aliphatic heterocycles. The third kappa shape index (κ3) is 3.92. The monoisotopic (exact) mass is 519 g/mol. The summed E-state index contributed by atoms with van der Waals surface area (Å²) in [6.45, 7) is 1.85. The number of halogens is 17. The molecule has 0 fully saturated rings. The smallest absolute Gasteiger partial charge is 0.348 e. The van der Waals surface area contributed by atoms with Crippen LogP contribution in [0.25, 0.3) is 0 Å². The van der Waals surface area contributed by atoms with Crippen LogP contribution in [-0.4, -0.2) is 59.6 Å². The van der Waals surface area contributed by atoms with Gasteiger partial charge < -0.3 is 5.32 Å². The second kappa shape index (κ2) is 7.95. The number of amides is 1. The van der Waals surface area contributed by atoms with Gasteiger partial charge in [0, 0.05) is 6.04 Å². The third-order valence-corrected chi connectivity index (χ3v) is 4.00. The van der Waals surface area contributed by atoms with E-state index in [4.69, 9.17) is 0 Å². The van der Waals surface area contributed by atoms with Crippen molar-refractivity contribution < 1.29 is 79.4 Å². The molecule has 0 aromatic heterocycles. The van der Waals surface area contributed by atoms with Crippen molar-refractivity contribution in [2.24, 2.45) is 0 Å². The van der Waals surface area contributed by atoms with Gasteiger partial charge in [-0.25, -0.2) is 0 Å². The number of hydrogen-bond acceptors (Lipinski definition) is 1. The van der Waals surface area contributed by atoms with Gasteiger partial charge in [0.2, 0.25) is 0 Å². The first-order valence-corrected chi connectivity index (χ1v) is 7.65.